The Balaban J connectivity index is 0.000000414. The molecule has 0 saturated carbocycles. The lowest BCUT2D eigenvalue weighted by Gasteiger charge is -2.34. The molecule has 3 aromatic rings. The monoisotopic (exact) mass is 502 g/mol. The fraction of sp³-hybridized carbons (Fsp3) is 0.310. The average molecular weight is 503 g/mol. The highest BCUT2D eigenvalue weighted by molar-refractivity contribution is 5.89. The van der Waals surface area contributed by atoms with Crippen LogP contribution in [0.5, 0.6) is 0 Å². The smallest absolute Gasteiger partial charge is 0.328 e. The molecule has 0 spiro atoms. The van der Waals surface area contributed by atoms with Crippen molar-refractivity contribution in [1.29, 1.82) is 0 Å². The van der Waals surface area contributed by atoms with Crippen LogP contribution >= 0.6 is 0 Å². The van der Waals surface area contributed by atoms with Crippen LogP contribution in [0, 0.1) is 20.8 Å². The summed E-state index contributed by atoms with van der Waals surface area (Å²) in [4.78, 5) is 32.9. The summed E-state index contributed by atoms with van der Waals surface area (Å²) in [6.45, 7) is 13.0. The summed E-state index contributed by atoms with van der Waals surface area (Å²) in [5.74, 6) is -2.51. The van der Waals surface area contributed by atoms with Crippen molar-refractivity contribution < 1.29 is 19.8 Å². The number of aryl methyl sites for hydroxylation is 2. The first kappa shape index (κ1) is 27.7. The molecule has 8 heteroatoms. The van der Waals surface area contributed by atoms with Crippen molar-refractivity contribution in [2.45, 2.75) is 33.9 Å². The van der Waals surface area contributed by atoms with E-state index >= 15 is 0 Å². The minimum atomic E-state index is -1.26. The standard InChI is InChI=1S/C25H30N4.C4H4O4/c1-19-14-24(15-20(2)21(19)3)25-16-23(6-9-27-25)18-29-12-10-28(11-13-29)17-22-4-7-26-8-5-22;5-3(6)1-2-4(7)8/h4-9,14-16H,10-13,17-18H2,1-3H3;1-2H,(H,5,6)(H,7,8)/b;2-1-. The van der Waals surface area contributed by atoms with Crippen LogP contribution in [-0.4, -0.2) is 68.1 Å². The van der Waals surface area contributed by atoms with Gasteiger partial charge in [-0.25, -0.2) is 9.59 Å². The molecule has 3 heterocycles. The van der Waals surface area contributed by atoms with E-state index in [-0.39, 0.29) is 0 Å². The zero-order valence-corrected chi connectivity index (χ0v) is 21.6. The van der Waals surface area contributed by atoms with E-state index in [0.29, 0.717) is 12.2 Å². The van der Waals surface area contributed by atoms with Gasteiger partial charge in [-0.15, -0.1) is 0 Å². The lowest BCUT2D eigenvalue weighted by molar-refractivity contribution is -0.134. The fourth-order valence-corrected chi connectivity index (χ4v) is 4.17. The topological polar surface area (TPSA) is 107 Å². The average Bonchev–Trinajstić information content (AvgIpc) is 2.88. The van der Waals surface area contributed by atoms with E-state index in [9.17, 15) is 9.59 Å². The summed E-state index contributed by atoms with van der Waals surface area (Å²) in [6, 6.07) is 13.1. The molecule has 1 saturated heterocycles. The first-order valence-corrected chi connectivity index (χ1v) is 12.2. The van der Waals surface area contributed by atoms with Gasteiger partial charge in [0.1, 0.15) is 0 Å². The lowest BCUT2D eigenvalue weighted by atomic mass is 9.98. The predicted molar refractivity (Wildman–Crippen MR) is 143 cm³/mol. The number of rotatable bonds is 7. The summed E-state index contributed by atoms with van der Waals surface area (Å²) < 4.78 is 0. The number of piperazine rings is 1. The van der Waals surface area contributed by atoms with Gasteiger partial charge in [-0.3, -0.25) is 19.8 Å². The molecule has 37 heavy (non-hydrogen) atoms. The van der Waals surface area contributed by atoms with Crippen molar-refractivity contribution in [3.8, 4) is 11.3 Å². The van der Waals surface area contributed by atoms with E-state index in [1.807, 2.05) is 18.6 Å². The van der Waals surface area contributed by atoms with Crippen molar-refractivity contribution in [3.63, 3.8) is 0 Å². The molecule has 0 bridgehead atoms. The molecule has 1 aliphatic rings. The second kappa shape index (κ2) is 13.4. The lowest BCUT2D eigenvalue weighted by Crippen LogP contribution is -2.45. The molecular formula is C29H34N4O4. The van der Waals surface area contributed by atoms with Crippen LogP contribution in [0.1, 0.15) is 27.8 Å². The molecule has 4 rings (SSSR count). The Morgan fingerprint density at radius 3 is 1.78 bits per heavy atom. The van der Waals surface area contributed by atoms with Gasteiger partial charge in [0.25, 0.3) is 0 Å². The minimum absolute atomic E-state index is 0.558. The quantitative estimate of drug-likeness (QED) is 0.465. The van der Waals surface area contributed by atoms with E-state index in [0.717, 1.165) is 45.0 Å². The van der Waals surface area contributed by atoms with Gasteiger partial charge in [0.2, 0.25) is 0 Å². The van der Waals surface area contributed by atoms with Crippen molar-refractivity contribution in [1.82, 2.24) is 19.8 Å². The number of aliphatic carboxylic acids is 2. The van der Waals surface area contributed by atoms with E-state index in [1.165, 1.54) is 33.4 Å². The normalized spacial score (nSPS) is 14.2. The molecule has 0 atom stereocenters. The molecular weight excluding hydrogens is 468 g/mol. The molecule has 2 aromatic heterocycles. The summed E-state index contributed by atoms with van der Waals surface area (Å²) in [7, 11) is 0. The maximum absolute atomic E-state index is 9.55. The van der Waals surface area contributed by atoms with Gasteiger partial charge < -0.3 is 10.2 Å². The number of carboxylic acid groups (broad SMARTS) is 2. The summed E-state index contributed by atoms with van der Waals surface area (Å²) in [6.07, 6.45) is 6.83. The van der Waals surface area contributed by atoms with Crippen molar-refractivity contribution in [2.24, 2.45) is 0 Å². The highest BCUT2D eigenvalue weighted by Crippen LogP contribution is 2.24. The number of nitrogens with zero attached hydrogens (tertiary/aromatic N) is 4. The highest BCUT2D eigenvalue weighted by atomic mass is 16.4. The summed E-state index contributed by atoms with van der Waals surface area (Å²) in [5, 5.41) is 15.6. The Bertz CT molecular complexity index is 1200. The van der Waals surface area contributed by atoms with Crippen molar-refractivity contribution >= 4 is 11.9 Å². The fourth-order valence-electron chi connectivity index (χ4n) is 4.17. The molecule has 0 aliphatic carbocycles. The predicted octanol–water partition coefficient (Wildman–Crippen LogP) is 4.10. The molecule has 2 N–H and O–H groups in total. The number of aromatic nitrogens is 2. The molecule has 1 aliphatic heterocycles. The molecule has 1 aromatic carbocycles. The Hall–Kier alpha value is -3.88. The molecule has 8 nitrogen and oxygen atoms in total. The number of hydrogen-bond donors (Lipinski definition) is 2. The molecule has 0 radical (unpaired) electrons. The summed E-state index contributed by atoms with van der Waals surface area (Å²) in [5.41, 5.74) is 9.01. The van der Waals surface area contributed by atoms with Gasteiger partial charge in [0.05, 0.1) is 5.69 Å². The Kier molecular flexibility index (Phi) is 10.1. The van der Waals surface area contributed by atoms with Crippen LogP contribution in [-0.2, 0) is 22.7 Å². The number of carbonyl (C=O) groups is 2. The van der Waals surface area contributed by atoms with Gasteiger partial charge in [0, 0.05) is 75.6 Å². The van der Waals surface area contributed by atoms with Crippen LogP contribution in [0.25, 0.3) is 11.3 Å². The first-order valence-electron chi connectivity index (χ1n) is 12.2. The van der Waals surface area contributed by atoms with E-state index < -0.39 is 11.9 Å². The third-order valence-corrected chi connectivity index (χ3v) is 6.44. The van der Waals surface area contributed by atoms with Crippen LogP contribution in [0.15, 0.2) is 67.1 Å². The van der Waals surface area contributed by atoms with Gasteiger partial charge in [-0.05, 0) is 85.0 Å². The number of pyridine rings is 2. The van der Waals surface area contributed by atoms with Gasteiger partial charge in [-0.2, -0.15) is 0 Å². The Morgan fingerprint density at radius 1 is 0.784 bits per heavy atom. The molecule has 194 valence electrons. The van der Waals surface area contributed by atoms with Crippen LogP contribution in [0.3, 0.4) is 0 Å². The van der Waals surface area contributed by atoms with Gasteiger partial charge in [-0.1, -0.05) is 0 Å². The number of carboxylic acids is 2. The van der Waals surface area contributed by atoms with Gasteiger partial charge >= 0.3 is 11.9 Å². The van der Waals surface area contributed by atoms with Crippen LogP contribution in [0.2, 0.25) is 0 Å². The van der Waals surface area contributed by atoms with E-state index in [4.69, 9.17) is 10.2 Å². The number of benzene rings is 1. The summed E-state index contributed by atoms with van der Waals surface area (Å²) >= 11 is 0. The highest BCUT2D eigenvalue weighted by Gasteiger charge is 2.17. The Labute approximate surface area is 217 Å². The Morgan fingerprint density at radius 2 is 1.27 bits per heavy atom. The van der Waals surface area contributed by atoms with Crippen LogP contribution in [0.4, 0.5) is 0 Å². The maximum atomic E-state index is 9.55. The zero-order chi connectivity index (χ0) is 26.8. The third-order valence-electron chi connectivity index (χ3n) is 6.44. The second-order valence-corrected chi connectivity index (χ2v) is 9.20. The largest absolute Gasteiger partial charge is 0.478 e. The van der Waals surface area contributed by atoms with E-state index in [2.05, 4.69) is 76.9 Å². The van der Waals surface area contributed by atoms with Crippen molar-refractivity contribution in [3.05, 3.63) is 95.0 Å². The second-order valence-electron chi connectivity index (χ2n) is 9.20. The van der Waals surface area contributed by atoms with Crippen LogP contribution < -0.4 is 0 Å². The molecule has 0 amide bonds. The zero-order valence-electron chi connectivity index (χ0n) is 21.6. The molecule has 1 fully saturated rings. The minimum Gasteiger partial charge on any atom is -0.478 e. The SMILES string of the molecule is Cc1cc(-c2cc(CN3CCN(Cc4ccncc4)CC3)ccn2)cc(C)c1C.O=C(O)/C=C\C(=O)O. The van der Waals surface area contributed by atoms with Crippen molar-refractivity contribution in [2.75, 3.05) is 26.2 Å². The van der Waals surface area contributed by atoms with Gasteiger partial charge in [0.15, 0.2) is 0 Å². The first-order chi connectivity index (χ1) is 17.7. The number of hydrogen-bond acceptors (Lipinski definition) is 6. The third kappa shape index (κ3) is 8.93. The maximum Gasteiger partial charge on any atom is 0.328 e. The molecule has 0 unspecified atom stereocenters. The van der Waals surface area contributed by atoms with E-state index in [1.54, 1.807) is 0 Å².